The average Bonchev–Trinajstić information content (AvgIpc) is 2.87. The smallest absolute Gasteiger partial charge is 0.341 e. The van der Waals surface area contributed by atoms with Gasteiger partial charge in [0, 0.05) is 50.2 Å². The molecule has 0 radical (unpaired) electrons. The van der Waals surface area contributed by atoms with Crippen molar-refractivity contribution in [3.8, 4) is 5.75 Å². The number of ether oxygens (including phenoxy) is 1. The van der Waals surface area contributed by atoms with Gasteiger partial charge in [-0.15, -0.1) is 0 Å². The predicted molar refractivity (Wildman–Crippen MR) is 141 cm³/mol. The van der Waals surface area contributed by atoms with E-state index >= 15 is 0 Å². The van der Waals surface area contributed by atoms with Crippen molar-refractivity contribution in [1.82, 2.24) is 24.7 Å². The van der Waals surface area contributed by atoms with Crippen LogP contribution in [0.3, 0.4) is 0 Å². The summed E-state index contributed by atoms with van der Waals surface area (Å²) in [5, 5.41) is 13.5. The maximum absolute atomic E-state index is 10.9. The van der Waals surface area contributed by atoms with E-state index in [-0.39, 0.29) is 6.61 Å². The molecular weight excluding hydrogens is 456 g/mol. The van der Waals surface area contributed by atoms with Gasteiger partial charge in [0.25, 0.3) is 0 Å². The summed E-state index contributed by atoms with van der Waals surface area (Å²) >= 11 is 0. The molecule has 1 aliphatic rings. The Kier molecular flexibility index (Phi) is 9.05. The minimum absolute atomic E-state index is 0.330. The molecule has 1 aliphatic heterocycles. The molecule has 0 unspecified atom stereocenters. The van der Waals surface area contributed by atoms with Gasteiger partial charge in [-0.25, -0.2) is 14.8 Å². The molecular formula is C27H36N6O3. The number of hydrogen-bond acceptors (Lipinski definition) is 8. The Morgan fingerprint density at radius 2 is 1.69 bits per heavy atom. The lowest BCUT2D eigenvalue weighted by Gasteiger charge is -2.34. The number of fused-ring (bicyclic) bond motifs is 1. The topological polar surface area (TPSA) is 94.1 Å². The number of para-hydroxylation sites is 2. The zero-order valence-corrected chi connectivity index (χ0v) is 21.2. The monoisotopic (exact) mass is 492 g/mol. The summed E-state index contributed by atoms with van der Waals surface area (Å²) in [6.07, 6.45) is 1.05. The molecule has 1 saturated heterocycles. The molecule has 2 aromatic carbocycles. The standard InChI is InChI=1S/C27H36N6O3/c1-31(2)13-7-12-28-27-22-9-4-5-10-23(22)29-25(30-27)19-33-16-14-32(15-17-33)18-21-8-3-6-11-24(21)36-20-26(34)35/h3-6,8-11H,7,12-20H2,1-2H3,(H,34,35)(H,28,29,30). The Bertz CT molecular complexity index is 1150. The van der Waals surface area contributed by atoms with E-state index in [4.69, 9.17) is 19.8 Å². The van der Waals surface area contributed by atoms with E-state index in [1.807, 2.05) is 42.5 Å². The number of piperazine rings is 1. The van der Waals surface area contributed by atoms with Gasteiger partial charge in [0.2, 0.25) is 0 Å². The van der Waals surface area contributed by atoms with Crippen molar-refractivity contribution in [2.24, 2.45) is 0 Å². The first-order valence-corrected chi connectivity index (χ1v) is 12.5. The van der Waals surface area contributed by atoms with Crippen molar-refractivity contribution in [3.05, 3.63) is 59.9 Å². The molecule has 2 N–H and O–H groups in total. The van der Waals surface area contributed by atoms with E-state index in [0.717, 1.165) is 80.3 Å². The lowest BCUT2D eigenvalue weighted by Crippen LogP contribution is -2.45. The Labute approximate surface area is 212 Å². The van der Waals surface area contributed by atoms with Gasteiger partial charge in [-0.1, -0.05) is 30.3 Å². The third-order valence-corrected chi connectivity index (χ3v) is 6.27. The molecule has 36 heavy (non-hydrogen) atoms. The number of nitrogens with zero attached hydrogens (tertiary/aromatic N) is 5. The fourth-order valence-electron chi connectivity index (χ4n) is 4.39. The molecule has 9 nitrogen and oxygen atoms in total. The SMILES string of the molecule is CN(C)CCCNc1nc(CN2CCN(Cc3ccccc3OCC(=O)O)CC2)nc2ccccc12. The Morgan fingerprint density at radius 1 is 1.00 bits per heavy atom. The van der Waals surface area contributed by atoms with Crippen LogP contribution in [0.5, 0.6) is 5.75 Å². The molecule has 0 bridgehead atoms. The highest BCUT2D eigenvalue weighted by Crippen LogP contribution is 2.23. The van der Waals surface area contributed by atoms with Gasteiger partial charge in [-0.05, 0) is 45.3 Å². The van der Waals surface area contributed by atoms with E-state index < -0.39 is 5.97 Å². The Balaban J connectivity index is 1.35. The van der Waals surface area contributed by atoms with Crippen LogP contribution in [0.25, 0.3) is 10.9 Å². The summed E-state index contributed by atoms with van der Waals surface area (Å²) in [4.78, 5) is 27.6. The number of hydrogen-bond donors (Lipinski definition) is 2. The number of aromatic nitrogens is 2. The number of anilines is 1. The first-order valence-electron chi connectivity index (χ1n) is 12.5. The first kappa shape index (κ1) is 25.8. The maximum Gasteiger partial charge on any atom is 0.341 e. The second kappa shape index (κ2) is 12.6. The van der Waals surface area contributed by atoms with Crippen molar-refractivity contribution >= 4 is 22.7 Å². The van der Waals surface area contributed by atoms with Gasteiger partial charge in [0.05, 0.1) is 12.1 Å². The maximum atomic E-state index is 10.9. The van der Waals surface area contributed by atoms with Crippen LogP contribution in [0.4, 0.5) is 5.82 Å². The van der Waals surface area contributed by atoms with Crippen LogP contribution in [-0.4, -0.2) is 95.7 Å². The van der Waals surface area contributed by atoms with Crippen LogP contribution in [0.2, 0.25) is 0 Å². The summed E-state index contributed by atoms with van der Waals surface area (Å²) < 4.78 is 5.47. The van der Waals surface area contributed by atoms with E-state index in [1.165, 1.54) is 0 Å². The Morgan fingerprint density at radius 3 is 2.44 bits per heavy atom. The normalized spacial score (nSPS) is 14.9. The second-order valence-electron chi connectivity index (χ2n) is 9.43. The van der Waals surface area contributed by atoms with Gasteiger partial charge < -0.3 is 20.1 Å². The third-order valence-electron chi connectivity index (χ3n) is 6.27. The summed E-state index contributed by atoms with van der Waals surface area (Å²) in [6.45, 7) is 6.68. The molecule has 2 heterocycles. The highest BCUT2D eigenvalue weighted by Gasteiger charge is 2.20. The minimum Gasteiger partial charge on any atom is -0.482 e. The molecule has 0 amide bonds. The van der Waals surface area contributed by atoms with Crippen LogP contribution >= 0.6 is 0 Å². The molecule has 0 aliphatic carbocycles. The molecule has 1 aromatic heterocycles. The Hall–Kier alpha value is -3.27. The summed E-state index contributed by atoms with van der Waals surface area (Å²) in [5.74, 6) is 1.41. The highest BCUT2D eigenvalue weighted by atomic mass is 16.5. The quantitative estimate of drug-likeness (QED) is 0.370. The molecule has 1 fully saturated rings. The van der Waals surface area contributed by atoms with Crippen molar-refractivity contribution in [2.45, 2.75) is 19.5 Å². The van der Waals surface area contributed by atoms with Gasteiger partial charge in [-0.2, -0.15) is 0 Å². The number of rotatable bonds is 12. The van der Waals surface area contributed by atoms with Crippen molar-refractivity contribution in [1.29, 1.82) is 0 Å². The van der Waals surface area contributed by atoms with Crippen molar-refractivity contribution in [2.75, 3.05) is 65.3 Å². The van der Waals surface area contributed by atoms with E-state index in [2.05, 4.69) is 40.2 Å². The zero-order chi connectivity index (χ0) is 25.3. The number of carboxylic acid groups (broad SMARTS) is 1. The first-order chi connectivity index (χ1) is 17.5. The number of benzene rings is 2. The van der Waals surface area contributed by atoms with Crippen molar-refractivity contribution in [3.63, 3.8) is 0 Å². The molecule has 9 heteroatoms. The van der Waals surface area contributed by atoms with Gasteiger partial charge in [0.15, 0.2) is 6.61 Å². The average molecular weight is 493 g/mol. The zero-order valence-electron chi connectivity index (χ0n) is 21.2. The molecule has 0 saturated carbocycles. The molecule has 3 aromatic rings. The number of carbonyl (C=O) groups is 1. The summed E-state index contributed by atoms with van der Waals surface area (Å²) in [6, 6.07) is 15.8. The second-order valence-corrected chi connectivity index (χ2v) is 9.43. The number of aliphatic carboxylic acids is 1. The third kappa shape index (κ3) is 7.36. The van der Waals surface area contributed by atoms with Gasteiger partial charge in [-0.3, -0.25) is 9.80 Å². The lowest BCUT2D eigenvalue weighted by atomic mass is 10.1. The fraction of sp³-hybridized carbons (Fsp3) is 0.444. The van der Waals surface area contributed by atoms with E-state index in [9.17, 15) is 4.79 Å². The van der Waals surface area contributed by atoms with E-state index in [0.29, 0.717) is 12.3 Å². The number of nitrogens with one attached hydrogen (secondary N) is 1. The molecule has 0 spiro atoms. The van der Waals surface area contributed by atoms with Crippen LogP contribution in [-0.2, 0) is 17.9 Å². The number of carboxylic acids is 1. The van der Waals surface area contributed by atoms with Gasteiger partial charge in [0.1, 0.15) is 17.4 Å². The summed E-state index contributed by atoms with van der Waals surface area (Å²) in [5.41, 5.74) is 1.98. The molecule has 0 atom stereocenters. The van der Waals surface area contributed by atoms with E-state index in [1.54, 1.807) is 0 Å². The minimum atomic E-state index is -0.971. The summed E-state index contributed by atoms with van der Waals surface area (Å²) in [7, 11) is 4.17. The van der Waals surface area contributed by atoms with Crippen LogP contribution in [0.1, 0.15) is 17.8 Å². The molecule has 192 valence electrons. The van der Waals surface area contributed by atoms with Crippen molar-refractivity contribution < 1.29 is 14.6 Å². The predicted octanol–water partition coefficient (Wildman–Crippen LogP) is 2.77. The van der Waals surface area contributed by atoms with Gasteiger partial charge >= 0.3 is 5.97 Å². The van der Waals surface area contributed by atoms with Crippen LogP contribution < -0.4 is 10.1 Å². The molecule has 4 rings (SSSR count). The van der Waals surface area contributed by atoms with Crippen LogP contribution in [0.15, 0.2) is 48.5 Å². The largest absolute Gasteiger partial charge is 0.482 e. The highest BCUT2D eigenvalue weighted by molar-refractivity contribution is 5.88. The fourth-order valence-corrected chi connectivity index (χ4v) is 4.39. The lowest BCUT2D eigenvalue weighted by molar-refractivity contribution is -0.139. The van der Waals surface area contributed by atoms with Crippen LogP contribution in [0, 0.1) is 0 Å².